The van der Waals surface area contributed by atoms with Gasteiger partial charge in [-0.05, 0) is 60.7 Å². The molecule has 0 aliphatic carbocycles. The molecule has 3 aromatic heterocycles. The van der Waals surface area contributed by atoms with Crippen LogP contribution in [0.3, 0.4) is 0 Å². The first kappa shape index (κ1) is 31.8. The number of nitrogens with one attached hydrogen (secondary N) is 3. The highest BCUT2D eigenvalue weighted by atomic mass is 32.1. The van der Waals surface area contributed by atoms with Crippen LogP contribution in [-0.4, -0.2) is 42.5 Å². The number of hydrogen-bond acceptors (Lipinski definition) is 8. The lowest BCUT2D eigenvalue weighted by Gasteiger charge is -2.18. The number of amides is 1. The fourth-order valence-electron chi connectivity index (χ4n) is 5.34. The average molecular weight is 648 g/mol. The third-order valence-electron chi connectivity index (χ3n) is 7.33. The maximum atomic E-state index is 13.9. The number of aromatic nitrogens is 4. The first-order valence-electron chi connectivity index (χ1n) is 13.8. The topological polar surface area (TPSA) is 143 Å². The Labute approximate surface area is 257 Å². The molecule has 6 rings (SSSR count). The van der Waals surface area contributed by atoms with E-state index in [-0.39, 0.29) is 29.6 Å². The van der Waals surface area contributed by atoms with E-state index in [1.807, 2.05) is 26.1 Å². The first-order chi connectivity index (χ1) is 21.3. The molecule has 2 aliphatic rings. The van der Waals surface area contributed by atoms with E-state index in [1.54, 1.807) is 26.8 Å². The van der Waals surface area contributed by atoms with E-state index in [2.05, 4.69) is 32.1 Å². The molecule has 0 saturated heterocycles. The molecular weight excluding hydrogens is 618 g/mol. The number of thiophene rings is 1. The Kier molecular flexibility index (Phi) is 9.06. The SMILES string of the molecule is Cc1cc(F)cc(CNc2nc(-c3ccnn3C)c3n(c2=O)[C@H](C(=O)NCc2cc4c(s2)CNC4)CC3)c1.O=C(O)C(F)(F)F. The van der Waals surface area contributed by atoms with E-state index < -0.39 is 18.2 Å². The Morgan fingerprint density at radius 2 is 1.93 bits per heavy atom. The van der Waals surface area contributed by atoms with Gasteiger partial charge >= 0.3 is 12.1 Å². The smallest absolute Gasteiger partial charge is 0.475 e. The number of carboxylic acids is 1. The van der Waals surface area contributed by atoms with E-state index in [0.717, 1.165) is 29.2 Å². The van der Waals surface area contributed by atoms with Crippen molar-refractivity contribution in [2.75, 3.05) is 5.32 Å². The number of carboxylic acid groups (broad SMARTS) is 1. The summed E-state index contributed by atoms with van der Waals surface area (Å²) in [5, 5.41) is 20.9. The zero-order chi connectivity index (χ0) is 32.5. The summed E-state index contributed by atoms with van der Waals surface area (Å²) < 4.78 is 48.9. The van der Waals surface area contributed by atoms with Crippen LogP contribution in [0.25, 0.3) is 11.4 Å². The van der Waals surface area contributed by atoms with E-state index >= 15 is 0 Å². The molecule has 0 radical (unpaired) electrons. The predicted octanol–water partition coefficient (Wildman–Crippen LogP) is 3.81. The number of hydrogen-bond donors (Lipinski definition) is 4. The summed E-state index contributed by atoms with van der Waals surface area (Å²) >= 11 is 1.70. The minimum atomic E-state index is -5.08. The molecule has 238 valence electrons. The molecule has 1 aromatic carbocycles. The van der Waals surface area contributed by atoms with Gasteiger partial charge in [0.1, 0.15) is 17.6 Å². The lowest BCUT2D eigenvalue weighted by atomic mass is 10.1. The van der Waals surface area contributed by atoms with Gasteiger partial charge in [0.05, 0.1) is 17.9 Å². The Morgan fingerprint density at radius 3 is 2.58 bits per heavy atom. The summed E-state index contributed by atoms with van der Waals surface area (Å²) in [6, 6.07) is 8.07. The number of aryl methyl sites for hydroxylation is 2. The number of benzene rings is 1. The quantitative estimate of drug-likeness (QED) is 0.222. The maximum Gasteiger partial charge on any atom is 0.490 e. The lowest BCUT2D eigenvalue weighted by molar-refractivity contribution is -0.192. The van der Waals surface area contributed by atoms with Gasteiger partial charge < -0.3 is 21.1 Å². The number of alkyl halides is 3. The van der Waals surface area contributed by atoms with Gasteiger partial charge in [0.2, 0.25) is 5.91 Å². The molecule has 0 unspecified atom stereocenters. The predicted molar refractivity (Wildman–Crippen MR) is 157 cm³/mol. The van der Waals surface area contributed by atoms with Crippen molar-refractivity contribution in [2.45, 2.75) is 58.2 Å². The van der Waals surface area contributed by atoms with Crippen LogP contribution in [0.5, 0.6) is 0 Å². The molecule has 2 aliphatic heterocycles. The fraction of sp³-hybridized carbons (Fsp3) is 0.345. The van der Waals surface area contributed by atoms with E-state index in [9.17, 15) is 27.2 Å². The van der Waals surface area contributed by atoms with Gasteiger partial charge in [-0.15, -0.1) is 11.3 Å². The highest BCUT2D eigenvalue weighted by molar-refractivity contribution is 7.12. The third-order valence-corrected chi connectivity index (χ3v) is 8.51. The average Bonchev–Trinajstić information content (AvgIpc) is 3.75. The summed E-state index contributed by atoms with van der Waals surface area (Å²) in [6.07, 6.45) is -2.36. The number of fused-ring (bicyclic) bond motifs is 2. The minimum Gasteiger partial charge on any atom is -0.475 e. The van der Waals surface area contributed by atoms with E-state index in [4.69, 9.17) is 9.90 Å². The second-order valence-electron chi connectivity index (χ2n) is 10.6. The molecule has 0 saturated carbocycles. The van der Waals surface area contributed by atoms with Crippen molar-refractivity contribution >= 4 is 29.0 Å². The standard InChI is InChI=1S/C27H28FN7O2S.C2HF3O2/c1-15-7-16(9-18(28)8-15)11-30-25-27(37)35-21(24(33-25)20-5-6-32-34(20)2)3-4-22(35)26(36)31-13-19-10-17-12-29-14-23(17)38-19;3-2(4,5)1(6)7/h5-10,22,29H,3-4,11-14H2,1-2H3,(H,30,33)(H,31,36);(H,6,7)/t22-;/m0./s1. The molecule has 16 heteroatoms. The van der Waals surface area contributed by atoms with Crippen LogP contribution in [0.4, 0.5) is 23.4 Å². The Hall–Kier alpha value is -4.57. The largest absolute Gasteiger partial charge is 0.490 e. The molecular formula is C29H29F4N7O4S. The van der Waals surface area contributed by atoms with Crippen LogP contribution < -0.4 is 21.5 Å². The van der Waals surface area contributed by atoms with Crippen molar-refractivity contribution < 1.29 is 32.3 Å². The summed E-state index contributed by atoms with van der Waals surface area (Å²) in [6.45, 7) is 4.20. The van der Waals surface area contributed by atoms with Crippen molar-refractivity contribution in [3.05, 3.63) is 84.8 Å². The van der Waals surface area contributed by atoms with Crippen molar-refractivity contribution in [1.29, 1.82) is 0 Å². The summed E-state index contributed by atoms with van der Waals surface area (Å²) in [4.78, 5) is 43.0. The number of nitrogens with zero attached hydrogens (tertiary/aromatic N) is 4. The van der Waals surface area contributed by atoms with Gasteiger partial charge in [-0.2, -0.15) is 18.3 Å². The van der Waals surface area contributed by atoms with Gasteiger partial charge in [-0.3, -0.25) is 18.8 Å². The van der Waals surface area contributed by atoms with Crippen molar-refractivity contribution in [3.63, 3.8) is 0 Å². The molecule has 0 fully saturated rings. The minimum absolute atomic E-state index is 0.119. The molecule has 1 amide bonds. The Bertz CT molecular complexity index is 1770. The second kappa shape index (κ2) is 12.8. The van der Waals surface area contributed by atoms with E-state index in [0.29, 0.717) is 36.3 Å². The fourth-order valence-corrected chi connectivity index (χ4v) is 6.44. The number of carbonyl (C=O) groups is 2. The maximum absolute atomic E-state index is 13.9. The van der Waals surface area contributed by atoms with Crippen LogP contribution in [0.1, 0.15) is 44.6 Å². The van der Waals surface area contributed by atoms with Crippen LogP contribution in [0.15, 0.2) is 41.3 Å². The highest BCUT2D eigenvalue weighted by Crippen LogP contribution is 2.32. The molecule has 45 heavy (non-hydrogen) atoms. The summed E-state index contributed by atoms with van der Waals surface area (Å²) in [5.74, 6) is -3.16. The first-order valence-corrected chi connectivity index (χ1v) is 14.7. The van der Waals surface area contributed by atoms with E-state index in [1.165, 1.54) is 22.6 Å². The van der Waals surface area contributed by atoms with Crippen molar-refractivity contribution in [1.82, 2.24) is 30.0 Å². The molecule has 4 aromatic rings. The van der Waals surface area contributed by atoms with Gasteiger partial charge in [-0.1, -0.05) is 6.07 Å². The van der Waals surface area contributed by atoms with Crippen LogP contribution in [0.2, 0.25) is 0 Å². The zero-order valence-corrected chi connectivity index (χ0v) is 25.0. The van der Waals surface area contributed by atoms with Crippen LogP contribution >= 0.6 is 11.3 Å². The number of carbonyl (C=O) groups excluding carboxylic acids is 1. The van der Waals surface area contributed by atoms with Crippen LogP contribution in [-0.2, 0) is 49.2 Å². The van der Waals surface area contributed by atoms with Crippen molar-refractivity contribution in [2.24, 2.45) is 7.05 Å². The summed E-state index contributed by atoms with van der Waals surface area (Å²) in [5.41, 5.74) is 4.49. The third kappa shape index (κ3) is 7.06. The Morgan fingerprint density at radius 1 is 1.18 bits per heavy atom. The number of aliphatic carboxylic acids is 1. The molecule has 4 N–H and O–H groups in total. The molecule has 5 heterocycles. The van der Waals surface area contributed by atoms with Gasteiger partial charge in [0.15, 0.2) is 5.82 Å². The molecule has 11 nitrogen and oxygen atoms in total. The van der Waals surface area contributed by atoms with Crippen LogP contribution in [0, 0.1) is 12.7 Å². The molecule has 1 atom stereocenters. The number of anilines is 1. The highest BCUT2D eigenvalue weighted by Gasteiger charge is 2.38. The second-order valence-corrected chi connectivity index (χ2v) is 11.8. The Balaban J connectivity index is 0.000000515. The lowest BCUT2D eigenvalue weighted by Crippen LogP contribution is -2.36. The van der Waals surface area contributed by atoms with Gasteiger partial charge in [0, 0.05) is 42.6 Å². The van der Waals surface area contributed by atoms with Gasteiger partial charge in [0.25, 0.3) is 5.56 Å². The van der Waals surface area contributed by atoms with Crippen molar-refractivity contribution in [3.8, 4) is 11.4 Å². The number of halogens is 4. The number of rotatable bonds is 7. The molecule has 0 bridgehead atoms. The molecule has 0 spiro atoms. The summed E-state index contributed by atoms with van der Waals surface area (Å²) in [7, 11) is 1.81. The van der Waals surface area contributed by atoms with Gasteiger partial charge in [-0.25, -0.2) is 14.2 Å². The monoisotopic (exact) mass is 647 g/mol. The normalized spacial score (nSPS) is 15.2. The zero-order valence-electron chi connectivity index (χ0n) is 24.2.